The second-order valence-corrected chi connectivity index (χ2v) is 8.57. The first-order valence-corrected chi connectivity index (χ1v) is 11.4. The summed E-state index contributed by atoms with van der Waals surface area (Å²) >= 11 is 0. The SMILES string of the molecule is Cc1c(C(=O)N(C)CCc2ccccc2)cnn1-c1ncc2c(n1)-c1ccccc1CCC2. The second-order valence-electron chi connectivity index (χ2n) is 8.57. The molecule has 0 unspecified atom stereocenters. The molecule has 0 radical (unpaired) electrons. The Morgan fingerprint density at radius 1 is 1.00 bits per heavy atom. The topological polar surface area (TPSA) is 63.9 Å². The molecule has 166 valence electrons. The number of aromatic nitrogens is 4. The van der Waals surface area contributed by atoms with Gasteiger partial charge in [-0.05, 0) is 49.3 Å². The minimum Gasteiger partial charge on any atom is -0.341 e. The minimum atomic E-state index is -0.0465. The van der Waals surface area contributed by atoms with Gasteiger partial charge < -0.3 is 4.90 Å². The van der Waals surface area contributed by atoms with Crippen molar-refractivity contribution >= 4 is 5.91 Å². The zero-order chi connectivity index (χ0) is 22.8. The van der Waals surface area contributed by atoms with E-state index < -0.39 is 0 Å². The second kappa shape index (κ2) is 8.98. The lowest BCUT2D eigenvalue weighted by molar-refractivity contribution is 0.0796. The van der Waals surface area contributed by atoms with E-state index >= 15 is 0 Å². The van der Waals surface area contributed by atoms with Crippen LogP contribution in [0.3, 0.4) is 0 Å². The molecule has 0 saturated carbocycles. The van der Waals surface area contributed by atoms with Crippen molar-refractivity contribution in [2.24, 2.45) is 0 Å². The first kappa shape index (κ1) is 21.1. The van der Waals surface area contributed by atoms with Gasteiger partial charge in [-0.15, -0.1) is 0 Å². The van der Waals surface area contributed by atoms with E-state index in [1.807, 2.05) is 38.4 Å². The highest BCUT2D eigenvalue weighted by atomic mass is 16.2. The smallest absolute Gasteiger partial charge is 0.257 e. The van der Waals surface area contributed by atoms with Crippen molar-refractivity contribution in [3.8, 4) is 17.2 Å². The van der Waals surface area contributed by atoms with Crippen molar-refractivity contribution in [3.05, 3.63) is 94.9 Å². The summed E-state index contributed by atoms with van der Waals surface area (Å²) in [5.74, 6) is 0.448. The molecule has 6 heteroatoms. The van der Waals surface area contributed by atoms with Crippen molar-refractivity contribution in [3.63, 3.8) is 0 Å². The van der Waals surface area contributed by atoms with E-state index in [1.165, 1.54) is 11.1 Å². The molecular weight excluding hydrogens is 410 g/mol. The number of amides is 1. The number of fused-ring (bicyclic) bond motifs is 3. The van der Waals surface area contributed by atoms with Crippen LogP contribution in [0.25, 0.3) is 17.2 Å². The Labute approximate surface area is 193 Å². The largest absolute Gasteiger partial charge is 0.341 e. The molecule has 2 heterocycles. The van der Waals surface area contributed by atoms with Gasteiger partial charge in [0.1, 0.15) is 0 Å². The Kier molecular flexibility index (Phi) is 5.73. The van der Waals surface area contributed by atoms with Crippen molar-refractivity contribution in [2.75, 3.05) is 13.6 Å². The summed E-state index contributed by atoms with van der Waals surface area (Å²) in [6, 6.07) is 18.6. The molecular formula is C27H27N5O. The number of nitrogens with zero attached hydrogens (tertiary/aromatic N) is 5. The number of aryl methyl sites for hydroxylation is 2. The third-order valence-electron chi connectivity index (χ3n) is 6.37. The van der Waals surface area contributed by atoms with Gasteiger partial charge in [-0.2, -0.15) is 5.10 Å². The average molecular weight is 438 g/mol. The van der Waals surface area contributed by atoms with Gasteiger partial charge in [0, 0.05) is 25.4 Å². The predicted molar refractivity (Wildman–Crippen MR) is 128 cm³/mol. The van der Waals surface area contributed by atoms with E-state index in [0.717, 1.165) is 48.2 Å². The van der Waals surface area contributed by atoms with E-state index in [9.17, 15) is 4.79 Å². The molecule has 1 amide bonds. The van der Waals surface area contributed by atoms with Gasteiger partial charge in [0.2, 0.25) is 0 Å². The number of hydrogen-bond acceptors (Lipinski definition) is 4. The molecule has 0 spiro atoms. The number of rotatable bonds is 5. The zero-order valence-electron chi connectivity index (χ0n) is 19.0. The first-order valence-electron chi connectivity index (χ1n) is 11.4. The van der Waals surface area contributed by atoms with Crippen LogP contribution in [0.1, 0.15) is 39.2 Å². The summed E-state index contributed by atoms with van der Waals surface area (Å²) in [4.78, 5) is 24.3. The van der Waals surface area contributed by atoms with Gasteiger partial charge in [-0.25, -0.2) is 14.6 Å². The van der Waals surface area contributed by atoms with Crippen LogP contribution in [0.5, 0.6) is 0 Å². The van der Waals surface area contributed by atoms with Crippen molar-refractivity contribution < 1.29 is 4.79 Å². The third kappa shape index (κ3) is 4.16. The van der Waals surface area contributed by atoms with Crippen molar-refractivity contribution in [2.45, 2.75) is 32.6 Å². The van der Waals surface area contributed by atoms with Crippen LogP contribution in [0, 0.1) is 6.92 Å². The van der Waals surface area contributed by atoms with Crippen LogP contribution >= 0.6 is 0 Å². The molecule has 0 aliphatic heterocycles. The monoisotopic (exact) mass is 437 g/mol. The maximum atomic E-state index is 13.1. The summed E-state index contributed by atoms with van der Waals surface area (Å²) < 4.78 is 1.67. The maximum Gasteiger partial charge on any atom is 0.257 e. The minimum absolute atomic E-state index is 0.0465. The lowest BCUT2D eigenvalue weighted by Gasteiger charge is -2.17. The van der Waals surface area contributed by atoms with E-state index in [4.69, 9.17) is 4.98 Å². The fraction of sp³-hybridized carbons (Fsp3) is 0.259. The van der Waals surface area contributed by atoms with Gasteiger partial charge in [0.25, 0.3) is 11.9 Å². The molecule has 0 bridgehead atoms. The molecule has 0 fully saturated rings. The quantitative estimate of drug-likeness (QED) is 0.463. The molecule has 0 atom stereocenters. The number of likely N-dealkylation sites (N-methyl/N-ethyl adjacent to an activating group) is 1. The molecule has 6 nitrogen and oxygen atoms in total. The van der Waals surface area contributed by atoms with Gasteiger partial charge >= 0.3 is 0 Å². The summed E-state index contributed by atoms with van der Waals surface area (Å²) in [5.41, 5.74) is 7.13. The molecule has 0 N–H and O–H groups in total. The summed E-state index contributed by atoms with van der Waals surface area (Å²) in [5, 5.41) is 4.48. The number of benzene rings is 2. The molecule has 2 aromatic heterocycles. The van der Waals surface area contributed by atoms with Crippen LogP contribution < -0.4 is 0 Å². The third-order valence-corrected chi connectivity index (χ3v) is 6.37. The first-order chi connectivity index (χ1) is 16.1. The summed E-state index contributed by atoms with van der Waals surface area (Å²) in [6.07, 6.45) is 7.42. The van der Waals surface area contributed by atoms with Gasteiger partial charge in [0.15, 0.2) is 0 Å². The molecule has 33 heavy (non-hydrogen) atoms. The van der Waals surface area contributed by atoms with E-state index in [0.29, 0.717) is 18.1 Å². The predicted octanol–water partition coefficient (Wildman–Crippen LogP) is 4.44. The Balaban J connectivity index is 1.41. The summed E-state index contributed by atoms with van der Waals surface area (Å²) in [6.45, 7) is 2.54. The fourth-order valence-corrected chi connectivity index (χ4v) is 4.42. The summed E-state index contributed by atoms with van der Waals surface area (Å²) in [7, 11) is 1.83. The van der Waals surface area contributed by atoms with Gasteiger partial charge in [-0.3, -0.25) is 4.79 Å². The molecule has 2 aromatic carbocycles. The average Bonchev–Trinajstić information content (AvgIpc) is 3.13. The van der Waals surface area contributed by atoms with Crippen LogP contribution in [-0.4, -0.2) is 44.1 Å². The Morgan fingerprint density at radius 2 is 1.76 bits per heavy atom. The van der Waals surface area contributed by atoms with Gasteiger partial charge in [-0.1, -0.05) is 54.6 Å². The molecule has 1 aliphatic carbocycles. The van der Waals surface area contributed by atoms with Crippen molar-refractivity contribution in [1.29, 1.82) is 0 Å². The fourth-order valence-electron chi connectivity index (χ4n) is 4.42. The standard InChI is InChI=1S/C27H27N5O/c1-19-24(26(33)31(2)16-15-20-9-4-3-5-10-20)18-29-32(19)27-28-17-22-13-8-12-21-11-6-7-14-23(21)25(22)30-27/h3-7,9-11,14,17-18H,8,12-13,15-16H2,1-2H3. The zero-order valence-corrected chi connectivity index (χ0v) is 19.0. The highest BCUT2D eigenvalue weighted by Gasteiger charge is 2.22. The number of carbonyl (C=O) groups excluding carboxylic acids is 1. The molecule has 4 aromatic rings. The van der Waals surface area contributed by atoms with E-state index in [-0.39, 0.29) is 5.91 Å². The highest BCUT2D eigenvalue weighted by molar-refractivity contribution is 5.95. The van der Waals surface area contributed by atoms with Crippen LogP contribution in [0.2, 0.25) is 0 Å². The Bertz CT molecular complexity index is 1300. The molecule has 5 rings (SSSR count). The number of hydrogen-bond donors (Lipinski definition) is 0. The number of carbonyl (C=O) groups is 1. The lowest BCUT2D eigenvalue weighted by atomic mass is 10.0. The Morgan fingerprint density at radius 3 is 2.61 bits per heavy atom. The van der Waals surface area contributed by atoms with Crippen LogP contribution in [0.15, 0.2) is 67.0 Å². The lowest BCUT2D eigenvalue weighted by Crippen LogP contribution is -2.29. The molecule has 0 saturated heterocycles. The van der Waals surface area contributed by atoms with Gasteiger partial charge in [0.05, 0.1) is 23.1 Å². The Hall–Kier alpha value is -3.80. The van der Waals surface area contributed by atoms with E-state index in [1.54, 1.807) is 15.8 Å². The maximum absolute atomic E-state index is 13.1. The molecule has 1 aliphatic rings. The normalized spacial score (nSPS) is 12.5. The van der Waals surface area contributed by atoms with Crippen molar-refractivity contribution in [1.82, 2.24) is 24.6 Å². The van der Waals surface area contributed by atoms with Crippen LogP contribution in [-0.2, 0) is 19.3 Å². The van der Waals surface area contributed by atoms with E-state index in [2.05, 4.69) is 46.5 Å². The highest BCUT2D eigenvalue weighted by Crippen LogP contribution is 2.31. The van der Waals surface area contributed by atoms with Crippen LogP contribution in [0.4, 0.5) is 0 Å².